The molecule has 4 unspecified atom stereocenters. The minimum Gasteiger partial charge on any atom is -0.392 e. The molecule has 6 aliphatic rings. The summed E-state index contributed by atoms with van der Waals surface area (Å²) in [5.74, 6) is 1.53. The first-order valence-electron chi connectivity index (χ1n) is 12.9. The molecule has 1 heterocycles. The molecule has 5 saturated carbocycles. The van der Waals surface area contributed by atoms with E-state index < -0.39 is 28.6 Å². The monoisotopic (exact) mass is 434 g/mol. The predicted octanol–water partition coefficient (Wildman–Crippen LogP) is 3.49. The first-order chi connectivity index (χ1) is 14.5. The van der Waals surface area contributed by atoms with Crippen molar-refractivity contribution in [1.29, 1.82) is 0 Å². The summed E-state index contributed by atoms with van der Waals surface area (Å²) in [5, 5.41) is 35.1. The lowest BCUT2D eigenvalue weighted by Gasteiger charge is -2.63. The minimum absolute atomic E-state index is 0.0219. The molecule has 0 aromatic rings. The van der Waals surface area contributed by atoms with Gasteiger partial charge in [0.15, 0.2) is 5.79 Å². The van der Waals surface area contributed by atoms with Gasteiger partial charge in [-0.1, -0.05) is 20.8 Å². The largest absolute Gasteiger partial charge is 0.392 e. The highest BCUT2D eigenvalue weighted by Crippen LogP contribution is 2.75. The van der Waals surface area contributed by atoms with Crippen molar-refractivity contribution in [3.8, 4) is 0 Å². The zero-order chi connectivity index (χ0) is 22.0. The molecule has 0 amide bonds. The van der Waals surface area contributed by atoms with E-state index in [1.807, 2.05) is 20.8 Å². The van der Waals surface area contributed by atoms with Gasteiger partial charge in [-0.3, -0.25) is 0 Å². The van der Waals surface area contributed by atoms with Crippen LogP contribution < -0.4 is 0 Å². The van der Waals surface area contributed by atoms with Crippen molar-refractivity contribution in [3.05, 3.63) is 0 Å². The third-order valence-electron chi connectivity index (χ3n) is 12.3. The van der Waals surface area contributed by atoms with Gasteiger partial charge in [0.1, 0.15) is 0 Å². The molecule has 10 atom stereocenters. The van der Waals surface area contributed by atoms with Crippen LogP contribution in [0.15, 0.2) is 0 Å². The molecule has 5 aliphatic carbocycles. The van der Waals surface area contributed by atoms with Crippen LogP contribution in [0.3, 0.4) is 0 Å². The molecule has 0 aromatic carbocycles. The molecule has 176 valence electrons. The Labute approximate surface area is 186 Å². The Morgan fingerprint density at radius 3 is 2.26 bits per heavy atom. The Hall–Kier alpha value is -0.200. The number of aliphatic hydroxyl groups excluding tert-OH is 2. The summed E-state index contributed by atoms with van der Waals surface area (Å²) in [6.07, 6.45) is 6.92. The molecule has 0 radical (unpaired) electrons. The van der Waals surface area contributed by atoms with E-state index in [4.69, 9.17) is 9.47 Å². The number of hydrogen-bond acceptors (Lipinski definition) is 5. The van der Waals surface area contributed by atoms with E-state index in [9.17, 15) is 15.3 Å². The van der Waals surface area contributed by atoms with Gasteiger partial charge in [0, 0.05) is 23.7 Å². The van der Waals surface area contributed by atoms with E-state index in [2.05, 4.69) is 6.92 Å². The highest BCUT2D eigenvalue weighted by molar-refractivity contribution is 5.26. The lowest BCUT2D eigenvalue weighted by molar-refractivity contribution is -0.244. The molecule has 3 N–H and O–H groups in total. The van der Waals surface area contributed by atoms with Crippen LogP contribution in [0.1, 0.15) is 79.1 Å². The van der Waals surface area contributed by atoms with Crippen molar-refractivity contribution in [1.82, 2.24) is 0 Å². The molecule has 0 bridgehead atoms. The van der Waals surface area contributed by atoms with Crippen LogP contribution in [-0.4, -0.2) is 52.1 Å². The molecular formula is C26H42O5. The molecular weight excluding hydrogens is 392 g/mol. The lowest BCUT2D eigenvalue weighted by atomic mass is 9.43. The topological polar surface area (TPSA) is 79.2 Å². The summed E-state index contributed by atoms with van der Waals surface area (Å²) < 4.78 is 12.2. The van der Waals surface area contributed by atoms with Crippen molar-refractivity contribution >= 4 is 0 Å². The van der Waals surface area contributed by atoms with Crippen molar-refractivity contribution in [2.75, 3.05) is 13.2 Å². The van der Waals surface area contributed by atoms with Crippen LogP contribution in [-0.2, 0) is 9.47 Å². The molecule has 2 spiro atoms. The van der Waals surface area contributed by atoms with Gasteiger partial charge in [0.2, 0.25) is 0 Å². The summed E-state index contributed by atoms with van der Waals surface area (Å²) >= 11 is 0. The molecule has 6 fully saturated rings. The summed E-state index contributed by atoms with van der Waals surface area (Å²) in [6, 6.07) is 0. The van der Waals surface area contributed by atoms with E-state index >= 15 is 0 Å². The smallest absolute Gasteiger partial charge is 0.168 e. The standard InChI is InChI=1S/C26H42O5/c1-22(2)21(28)26-17(7-8-19(26)24(22,4)29)16-6-5-15-14-25(30-11-12-31-25)10-9-23(15,3)18(16)13-20(26)27/h15-21,27-29H,5-14H2,1-4H3/t15?,16-,17-,18-,19+,20?,21?,23-,24?,26+/m0/s1. The summed E-state index contributed by atoms with van der Waals surface area (Å²) in [5.41, 5.74) is -1.92. The van der Waals surface area contributed by atoms with E-state index in [1.54, 1.807) is 0 Å². The van der Waals surface area contributed by atoms with E-state index in [1.165, 1.54) is 12.8 Å². The molecule has 1 saturated heterocycles. The molecule has 0 aromatic heterocycles. The average molecular weight is 435 g/mol. The Morgan fingerprint density at radius 2 is 1.55 bits per heavy atom. The maximum Gasteiger partial charge on any atom is 0.168 e. The van der Waals surface area contributed by atoms with E-state index in [0.29, 0.717) is 36.9 Å². The summed E-state index contributed by atoms with van der Waals surface area (Å²) in [7, 11) is 0. The Morgan fingerprint density at radius 1 is 0.839 bits per heavy atom. The lowest BCUT2D eigenvalue weighted by Crippen LogP contribution is -2.62. The number of aliphatic hydroxyl groups is 3. The van der Waals surface area contributed by atoms with Gasteiger partial charge in [-0.15, -0.1) is 0 Å². The van der Waals surface area contributed by atoms with Crippen LogP contribution in [0.4, 0.5) is 0 Å². The molecule has 6 rings (SSSR count). The third-order valence-corrected chi connectivity index (χ3v) is 12.3. The van der Waals surface area contributed by atoms with Gasteiger partial charge in [0.05, 0.1) is 31.0 Å². The van der Waals surface area contributed by atoms with Crippen LogP contribution in [0.25, 0.3) is 0 Å². The Bertz CT molecular complexity index is 757. The van der Waals surface area contributed by atoms with Crippen molar-refractivity contribution in [3.63, 3.8) is 0 Å². The highest BCUT2D eigenvalue weighted by Gasteiger charge is 2.78. The van der Waals surface area contributed by atoms with Gasteiger partial charge in [-0.05, 0) is 80.5 Å². The Kier molecular flexibility index (Phi) is 4.31. The van der Waals surface area contributed by atoms with Gasteiger partial charge < -0.3 is 24.8 Å². The maximum absolute atomic E-state index is 11.8. The molecule has 1 aliphatic heterocycles. The second-order valence-electron chi connectivity index (χ2n) is 13.1. The normalized spacial score (nSPS) is 59.1. The van der Waals surface area contributed by atoms with Crippen LogP contribution in [0.2, 0.25) is 0 Å². The first kappa shape index (κ1) is 21.3. The Balaban J connectivity index is 1.35. The molecule has 5 nitrogen and oxygen atoms in total. The number of ether oxygens (including phenoxy) is 2. The van der Waals surface area contributed by atoms with Crippen molar-refractivity contribution < 1.29 is 24.8 Å². The maximum atomic E-state index is 11.8. The number of rotatable bonds is 0. The van der Waals surface area contributed by atoms with Crippen LogP contribution in [0.5, 0.6) is 0 Å². The fourth-order valence-electron chi connectivity index (χ4n) is 10.4. The van der Waals surface area contributed by atoms with E-state index in [-0.39, 0.29) is 17.1 Å². The second kappa shape index (κ2) is 6.27. The third kappa shape index (κ3) is 2.31. The summed E-state index contributed by atoms with van der Waals surface area (Å²) in [4.78, 5) is 0. The highest BCUT2D eigenvalue weighted by atomic mass is 16.7. The SMILES string of the molecule is CC1(C)C(O)[C@]23C(O)C[C@H]4[C@@H](CCC5CC6(CC[C@@]54C)OCCO6)[C@@H]2CC[C@@H]3C1(C)O. The van der Waals surface area contributed by atoms with E-state index in [0.717, 1.165) is 38.5 Å². The fourth-order valence-corrected chi connectivity index (χ4v) is 10.4. The first-order valence-corrected chi connectivity index (χ1v) is 12.9. The summed E-state index contributed by atoms with van der Waals surface area (Å²) in [6.45, 7) is 9.82. The molecule has 5 heteroatoms. The second-order valence-corrected chi connectivity index (χ2v) is 13.1. The van der Waals surface area contributed by atoms with Gasteiger partial charge >= 0.3 is 0 Å². The average Bonchev–Trinajstić information content (AvgIpc) is 3.37. The van der Waals surface area contributed by atoms with Crippen molar-refractivity contribution in [2.24, 2.45) is 45.8 Å². The number of fused-ring (bicyclic) bond motifs is 4. The quantitative estimate of drug-likeness (QED) is 0.544. The minimum atomic E-state index is -0.954. The van der Waals surface area contributed by atoms with Crippen LogP contribution >= 0.6 is 0 Å². The fraction of sp³-hybridized carbons (Fsp3) is 1.00. The zero-order valence-corrected chi connectivity index (χ0v) is 19.8. The van der Waals surface area contributed by atoms with Crippen LogP contribution in [0, 0.1) is 45.8 Å². The predicted molar refractivity (Wildman–Crippen MR) is 116 cm³/mol. The molecule has 31 heavy (non-hydrogen) atoms. The number of hydrogen-bond donors (Lipinski definition) is 3. The van der Waals surface area contributed by atoms with Gasteiger partial charge in [-0.2, -0.15) is 0 Å². The van der Waals surface area contributed by atoms with Gasteiger partial charge in [0.25, 0.3) is 0 Å². The zero-order valence-electron chi connectivity index (χ0n) is 19.8. The van der Waals surface area contributed by atoms with Gasteiger partial charge in [-0.25, -0.2) is 0 Å². The van der Waals surface area contributed by atoms with Crippen molar-refractivity contribution in [2.45, 2.75) is 103 Å².